The van der Waals surface area contributed by atoms with E-state index in [-0.39, 0.29) is 31.8 Å². The number of nitrogens with one attached hydrogen (secondary N) is 1. The molecule has 0 unspecified atom stereocenters. The Morgan fingerprint density at radius 2 is 1.70 bits per heavy atom. The van der Waals surface area contributed by atoms with Gasteiger partial charge in [0.25, 0.3) is 0 Å². The van der Waals surface area contributed by atoms with E-state index in [0.29, 0.717) is 39.9 Å². The van der Waals surface area contributed by atoms with Gasteiger partial charge in [-0.05, 0) is 58.7 Å². The molecule has 0 aliphatic carbocycles. The van der Waals surface area contributed by atoms with Gasteiger partial charge in [-0.15, -0.1) is 5.10 Å². The Labute approximate surface area is 272 Å². The fraction of sp³-hybridized carbons (Fsp3) is 0.344. The van der Waals surface area contributed by atoms with Crippen LogP contribution in [-0.2, 0) is 25.7 Å². The van der Waals surface area contributed by atoms with E-state index >= 15 is 0 Å². The van der Waals surface area contributed by atoms with Crippen molar-refractivity contribution in [2.45, 2.75) is 61.7 Å². The molecule has 15 heteroatoms. The highest BCUT2D eigenvalue weighted by atomic mass is 32.2. The van der Waals surface area contributed by atoms with Crippen LogP contribution in [0.25, 0.3) is 5.69 Å². The third-order valence-corrected chi connectivity index (χ3v) is 9.02. The zero-order chi connectivity index (χ0) is 33.0. The second-order valence-corrected chi connectivity index (χ2v) is 12.1. The predicted molar refractivity (Wildman–Crippen MR) is 164 cm³/mol. The van der Waals surface area contributed by atoms with Gasteiger partial charge in [-0.3, -0.25) is 9.59 Å². The summed E-state index contributed by atoms with van der Waals surface area (Å²) in [6.45, 7) is -0.205. The number of halogens is 3. The standard InChI is InChI=1S/C32H31F3N6O5S/c33-32(34,35)30(44)40-16-4-7-26(40)28(43)36-23-14-12-22(13-15-23)29-45-25(17-27(46-29)21-10-8-20(18-42)9-11-21)19-47-31-37-38-39-41(31)24-5-2-1-3-6-24/h1-3,5-6,8-15,25-27,29,42H,4,7,16-19H2,(H,36,43)/t25-,26+,27+,29+/m1/s1. The lowest BCUT2D eigenvalue weighted by Crippen LogP contribution is -2.48. The third-order valence-electron chi connectivity index (χ3n) is 7.96. The van der Waals surface area contributed by atoms with E-state index in [1.807, 2.05) is 54.6 Å². The molecule has 3 heterocycles. The number of benzene rings is 3. The quantitative estimate of drug-likeness (QED) is 0.237. The third kappa shape index (κ3) is 7.64. The van der Waals surface area contributed by atoms with Gasteiger partial charge in [-0.1, -0.05) is 66.4 Å². The number of aromatic nitrogens is 4. The Morgan fingerprint density at radius 3 is 2.40 bits per heavy atom. The Morgan fingerprint density at radius 1 is 0.979 bits per heavy atom. The van der Waals surface area contributed by atoms with Crippen LogP contribution in [0, 0.1) is 0 Å². The molecule has 0 spiro atoms. The van der Waals surface area contributed by atoms with Crippen molar-refractivity contribution in [3.05, 3.63) is 95.6 Å². The number of aliphatic hydroxyl groups excluding tert-OH is 1. The highest BCUT2D eigenvalue weighted by molar-refractivity contribution is 7.99. The van der Waals surface area contributed by atoms with E-state index in [1.54, 1.807) is 28.9 Å². The van der Waals surface area contributed by atoms with Crippen molar-refractivity contribution >= 4 is 29.3 Å². The Kier molecular flexibility index (Phi) is 9.87. The van der Waals surface area contributed by atoms with E-state index in [1.165, 1.54) is 11.8 Å². The van der Waals surface area contributed by atoms with Crippen LogP contribution in [0.1, 0.15) is 48.3 Å². The molecule has 2 amide bonds. The molecule has 0 saturated carbocycles. The maximum absolute atomic E-state index is 13.0. The molecule has 0 radical (unpaired) electrons. The summed E-state index contributed by atoms with van der Waals surface area (Å²) in [5, 5.41) is 24.9. The van der Waals surface area contributed by atoms with Gasteiger partial charge in [-0.25, -0.2) is 0 Å². The first-order valence-corrected chi connectivity index (χ1v) is 15.9. The first kappa shape index (κ1) is 32.6. The molecule has 2 aliphatic rings. The van der Waals surface area contributed by atoms with Gasteiger partial charge in [0.1, 0.15) is 6.04 Å². The fourth-order valence-electron chi connectivity index (χ4n) is 5.58. The zero-order valence-electron chi connectivity index (χ0n) is 24.9. The first-order chi connectivity index (χ1) is 22.7. The van der Waals surface area contributed by atoms with E-state index in [4.69, 9.17) is 9.47 Å². The van der Waals surface area contributed by atoms with Gasteiger partial charge in [0, 0.05) is 30.0 Å². The number of anilines is 1. The topological polar surface area (TPSA) is 132 Å². The summed E-state index contributed by atoms with van der Waals surface area (Å²) < 4.78 is 53.5. The first-order valence-electron chi connectivity index (χ1n) is 15.0. The Hall–Kier alpha value is -4.31. The van der Waals surface area contributed by atoms with Crippen molar-refractivity contribution in [2.75, 3.05) is 17.6 Å². The van der Waals surface area contributed by atoms with Crippen molar-refractivity contribution in [1.29, 1.82) is 0 Å². The number of tetrazole rings is 1. The van der Waals surface area contributed by atoms with Gasteiger partial charge in [0.05, 0.1) is 24.5 Å². The summed E-state index contributed by atoms with van der Waals surface area (Å²) in [6, 6.07) is 22.5. The van der Waals surface area contributed by atoms with Crippen molar-refractivity contribution in [3.8, 4) is 5.69 Å². The monoisotopic (exact) mass is 668 g/mol. The molecule has 47 heavy (non-hydrogen) atoms. The van der Waals surface area contributed by atoms with Crippen LogP contribution < -0.4 is 5.32 Å². The van der Waals surface area contributed by atoms with E-state index in [0.717, 1.165) is 16.8 Å². The molecule has 2 aliphatic heterocycles. The second kappa shape index (κ2) is 14.2. The molecule has 4 aromatic rings. The largest absolute Gasteiger partial charge is 0.471 e. The molecule has 3 aromatic carbocycles. The number of para-hydroxylation sites is 1. The minimum Gasteiger partial charge on any atom is -0.392 e. The highest BCUT2D eigenvalue weighted by Crippen LogP contribution is 2.39. The van der Waals surface area contributed by atoms with Crippen molar-refractivity contribution < 1.29 is 37.3 Å². The van der Waals surface area contributed by atoms with Crippen LogP contribution in [0.3, 0.4) is 0 Å². The summed E-state index contributed by atoms with van der Waals surface area (Å²) >= 11 is 1.45. The SMILES string of the molecule is O=C(Nc1ccc([C@H]2O[C@@H](CSc3nnnn3-c3ccccc3)C[C@@H](c3ccc(CO)cc3)O2)cc1)[C@@H]1CCCN1C(=O)C(F)(F)F. The maximum atomic E-state index is 13.0. The number of carbonyl (C=O) groups is 2. The average molecular weight is 669 g/mol. The van der Waals surface area contributed by atoms with Gasteiger partial charge in [-0.2, -0.15) is 17.9 Å². The van der Waals surface area contributed by atoms with Gasteiger partial charge in [0.2, 0.25) is 11.1 Å². The Balaban J connectivity index is 1.16. The number of hydrogen-bond acceptors (Lipinski definition) is 9. The summed E-state index contributed by atoms with van der Waals surface area (Å²) in [5.41, 5.74) is 3.54. The minimum atomic E-state index is -5.05. The molecule has 2 N–H and O–H groups in total. The molecule has 2 fully saturated rings. The molecule has 6 rings (SSSR count). The Bertz CT molecular complexity index is 1670. The summed E-state index contributed by atoms with van der Waals surface area (Å²) in [4.78, 5) is 25.2. The smallest absolute Gasteiger partial charge is 0.392 e. The molecule has 0 bridgehead atoms. The van der Waals surface area contributed by atoms with Crippen LogP contribution in [-0.4, -0.2) is 72.6 Å². The predicted octanol–water partition coefficient (Wildman–Crippen LogP) is 4.98. The molecule has 246 valence electrons. The lowest BCUT2D eigenvalue weighted by molar-refractivity contribution is -0.245. The van der Waals surface area contributed by atoms with Gasteiger partial charge < -0.3 is 24.8 Å². The number of alkyl halides is 3. The number of likely N-dealkylation sites (tertiary alicyclic amines) is 1. The molecule has 11 nitrogen and oxygen atoms in total. The lowest BCUT2D eigenvalue weighted by Gasteiger charge is -2.36. The summed E-state index contributed by atoms with van der Waals surface area (Å²) in [6.07, 6.45) is -5.45. The minimum absolute atomic E-state index is 0.0762. The maximum Gasteiger partial charge on any atom is 0.471 e. The highest BCUT2D eigenvalue weighted by Gasteiger charge is 2.47. The fourth-order valence-corrected chi connectivity index (χ4v) is 6.49. The second-order valence-electron chi connectivity index (χ2n) is 11.1. The number of thioether (sulfide) groups is 1. The van der Waals surface area contributed by atoms with Gasteiger partial charge in [0.15, 0.2) is 6.29 Å². The number of aliphatic hydroxyl groups is 1. The van der Waals surface area contributed by atoms with Crippen LogP contribution in [0.2, 0.25) is 0 Å². The lowest BCUT2D eigenvalue weighted by atomic mass is 10.0. The van der Waals surface area contributed by atoms with E-state index < -0.39 is 30.3 Å². The van der Waals surface area contributed by atoms with Crippen LogP contribution >= 0.6 is 11.8 Å². The van der Waals surface area contributed by atoms with Crippen molar-refractivity contribution in [3.63, 3.8) is 0 Å². The zero-order valence-corrected chi connectivity index (χ0v) is 25.7. The van der Waals surface area contributed by atoms with E-state index in [9.17, 15) is 27.9 Å². The molecule has 2 saturated heterocycles. The molecule has 1 aromatic heterocycles. The van der Waals surface area contributed by atoms with Gasteiger partial charge >= 0.3 is 12.1 Å². The van der Waals surface area contributed by atoms with Crippen LogP contribution in [0.15, 0.2) is 84.0 Å². The van der Waals surface area contributed by atoms with Crippen LogP contribution in [0.4, 0.5) is 18.9 Å². The number of nitrogens with zero attached hydrogens (tertiary/aromatic N) is 5. The normalized spacial score (nSPS) is 21.5. The summed E-state index contributed by atoms with van der Waals surface area (Å²) in [7, 11) is 0. The molecule has 4 atom stereocenters. The van der Waals surface area contributed by atoms with E-state index in [2.05, 4.69) is 20.8 Å². The average Bonchev–Trinajstić information content (AvgIpc) is 3.78. The van der Waals surface area contributed by atoms with Crippen LogP contribution in [0.5, 0.6) is 0 Å². The number of carbonyl (C=O) groups excluding carboxylic acids is 2. The van der Waals surface area contributed by atoms with Crippen molar-refractivity contribution in [2.24, 2.45) is 0 Å². The van der Waals surface area contributed by atoms with Crippen molar-refractivity contribution in [1.82, 2.24) is 25.1 Å². The number of hydrogen-bond donors (Lipinski definition) is 2. The summed E-state index contributed by atoms with van der Waals surface area (Å²) in [5.74, 6) is -2.18. The molecular formula is C32H31F3N6O5S. The number of ether oxygens (including phenoxy) is 2. The number of amides is 2. The molecular weight excluding hydrogens is 637 g/mol. The number of rotatable bonds is 9.